The predicted octanol–water partition coefficient (Wildman–Crippen LogP) is 1.32. The van der Waals surface area contributed by atoms with Crippen molar-refractivity contribution in [3.05, 3.63) is 17.5 Å². The van der Waals surface area contributed by atoms with Crippen LogP contribution in [0.2, 0.25) is 0 Å². The highest BCUT2D eigenvalue weighted by Gasteiger charge is 2.45. The summed E-state index contributed by atoms with van der Waals surface area (Å²) in [5.41, 5.74) is 1.99. The normalized spacial score (nSPS) is 27.0. The van der Waals surface area contributed by atoms with E-state index in [9.17, 15) is 4.79 Å². The van der Waals surface area contributed by atoms with Crippen LogP contribution in [0.4, 0.5) is 5.95 Å². The Morgan fingerprint density at radius 2 is 2.41 bits per heavy atom. The first kappa shape index (κ1) is 13.9. The van der Waals surface area contributed by atoms with Gasteiger partial charge in [0.15, 0.2) is 0 Å². The quantitative estimate of drug-likeness (QED) is 0.912. The van der Waals surface area contributed by atoms with E-state index in [0.29, 0.717) is 25.7 Å². The van der Waals surface area contributed by atoms with Crippen molar-refractivity contribution < 1.29 is 9.53 Å². The topological polar surface area (TPSA) is 67.4 Å². The van der Waals surface area contributed by atoms with Crippen molar-refractivity contribution in [2.75, 3.05) is 31.6 Å². The van der Waals surface area contributed by atoms with Gasteiger partial charge in [-0.2, -0.15) is 0 Å². The summed E-state index contributed by atoms with van der Waals surface area (Å²) >= 11 is 0. The summed E-state index contributed by atoms with van der Waals surface area (Å²) < 4.78 is 5.77. The van der Waals surface area contributed by atoms with Gasteiger partial charge in [-0.15, -0.1) is 0 Å². The van der Waals surface area contributed by atoms with Gasteiger partial charge in [-0.3, -0.25) is 4.79 Å². The van der Waals surface area contributed by atoms with Gasteiger partial charge in [0.2, 0.25) is 11.9 Å². The number of hydrogen-bond donors (Lipinski definition) is 1. The van der Waals surface area contributed by atoms with Gasteiger partial charge in [-0.05, 0) is 25.2 Å². The molecule has 1 atom stereocenters. The molecule has 6 nitrogen and oxygen atoms in total. The maximum atomic E-state index is 11.7. The van der Waals surface area contributed by atoms with Gasteiger partial charge >= 0.3 is 0 Å². The van der Waals surface area contributed by atoms with Crippen LogP contribution >= 0.6 is 0 Å². The largest absolute Gasteiger partial charge is 0.376 e. The lowest BCUT2D eigenvalue weighted by Gasteiger charge is -2.34. The molecule has 4 rings (SSSR count). The van der Waals surface area contributed by atoms with Gasteiger partial charge in [-0.25, -0.2) is 9.97 Å². The summed E-state index contributed by atoms with van der Waals surface area (Å²) in [6.07, 6.45) is 5.42. The number of hydrogen-bond acceptors (Lipinski definition) is 5. The van der Waals surface area contributed by atoms with Crippen molar-refractivity contribution in [3.8, 4) is 0 Å². The van der Waals surface area contributed by atoms with Gasteiger partial charge in [-0.1, -0.05) is 0 Å². The number of fused-ring (bicyclic) bond motifs is 2. The van der Waals surface area contributed by atoms with Gasteiger partial charge < -0.3 is 15.0 Å². The van der Waals surface area contributed by atoms with Crippen LogP contribution < -0.4 is 5.32 Å². The second kappa shape index (κ2) is 5.19. The smallest absolute Gasteiger partial charge is 0.222 e. The minimum atomic E-state index is -0.155. The molecule has 1 saturated carbocycles. The van der Waals surface area contributed by atoms with E-state index >= 15 is 0 Å². The molecule has 1 spiro atoms. The van der Waals surface area contributed by atoms with Crippen LogP contribution in [-0.2, 0) is 21.6 Å². The highest BCUT2D eigenvalue weighted by Crippen LogP contribution is 2.39. The van der Waals surface area contributed by atoms with Gasteiger partial charge in [0.05, 0.1) is 24.3 Å². The number of nitrogens with one attached hydrogen (secondary N) is 1. The van der Waals surface area contributed by atoms with Gasteiger partial charge in [0.25, 0.3) is 0 Å². The number of ether oxygens (including phenoxy) is 1. The van der Waals surface area contributed by atoms with E-state index in [2.05, 4.69) is 10.3 Å². The summed E-state index contributed by atoms with van der Waals surface area (Å²) in [6.45, 7) is 5.29. The minimum Gasteiger partial charge on any atom is -0.376 e. The Hall–Kier alpha value is -1.69. The molecular formula is C16H22N4O2. The van der Waals surface area contributed by atoms with E-state index in [1.165, 1.54) is 12.8 Å². The fraction of sp³-hybridized carbons (Fsp3) is 0.688. The molecule has 1 aromatic rings. The van der Waals surface area contributed by atoms with Crippen LogP contribution in [0.25, 0.3) is 0 Å². The Kier molecular flexibility index (Phi) is 3.29. The lowest BCUT2D eigenvalue weighted by atomic mass is 9.80. The average Bonchev–Trinajstić information content (AvgIpc) is 3.25. The summed E-state index contributed by atoms with van der Waals surface area (Å²) in [7, 11) is 0. The molecule has 1 amide bonds. The second-order valence-electron chi connectivity index (χ2n) is 6.86. The molecule has 1 aromatic heterocycles. The molecule has 3 aliphatic rings. The number of carbonyl (C=O) groups excluding carboxylic acids is 1. The summed E-state index contributed by atoms with van der Waals surface area (Å²) in [4.78, 5) is 22.8. The van der Waals surface area contributed by atoms with Crippen molar-refractivity contribution in [3.63, 3.8) is 0 Å². The molecule has 1 N–H and O–H groups in total. The molecule has 1 saturated heterocycles. The maximum absolute atomic E-state index is 11.7. The molecular weight excluding hydrogens is 280 g/mol. The Morgan fingerprint density at radius 1 is 1.55 bits per heavy atom. The Labute approximate surface area is 130 Å². The number of amides is 1. The number of carbonyl (C=O) groups is 1. The monoisotopic (exact) mass is 302 g/mol. The number of anilines is 1. The molecule has 6 heteroatoms. The van der Waals surface area contributed by atoms with Crippen molar-refractivity contribution in [2.24, 2.45) is 5.92 Å². The first-order valence-corrected chi connectivity index (χ1v) is 8.10. The van der Waals surface area contributed by atoms with E-state index in [-0.39, 0.29) is 11.3 Å². The van der Waals surface area contributed by atoms with Crippen LogP contribution in [0.3, 0.4) is 0 Å². The highest BCUT2D eigenvalue weighted by atomic mass is 16.5. The Bertz CT molecular complexity index is 602. The zero-order chi connectivity index (χ0) is 15.2. The number of nitrogens with zero attached hydrogens (tertiary/aromatic N) is 3. The molecule has 118 valence electrons. The SMILES string of the molecule is CC(=O)N1CC[C@]2(COCc3cnc(NCC4CC4)nc32)C1. The maximum Gasteiger partial charge on any atom is 0.222 e. The van der Waals surface area contributed by atoms with E-state index < -0.39 is 0 Å². The summed E-state index contributed by atoms with van der Waals surface area (Å²) in [5, 5.41) is 3.35. The van der Waals surface area contributed by atoms with Crippen molar-refractivity contribution in [1.29, 1.82) is 0 Å². The predicted molar refractivity (Wildman–Crippen MR) is 81.5 cm³/mol. The standard InChI is InChI=1S/C16H22N4O2/c1-11(21)20-5-4-16(9-20)10-22-8-13-7-18-15(19-14(13)16)17-6-12-2-3-12/h7,12H,2-6,8-10H2,1H3,(H,17,18,19)/t16-/m1/s1. The van der Waals surface area contributed by atoms with Crippen LogP contribution in [0.15, 0.2) is 6.20 Å². The molecule has 0 unspecified atom stereocenters. The molecule has 2 aliphatic heterocycles. The van der Waals surface area contributed by atoms with E-state index in [4.69, 9.17) is 9.72 Å². The number of rotatable bonds is 3. The minimum absolute atomic E-state index is 0.130. The van der Waals surface area contributed by atoms with Crippen molar-refractivity contribution >= 4 is 11.9 Å². The second-order valence-corrected chi connectivity index (χ2v) is 6.86. The van der Waals surface area contributed by atoms with Crippen LogP contribution in [-0.4, -0.2) is 47.0 Å². The third kappa shape index (κ3) is 2.45. The molecule has 0 bridgehead atoms. The molecule has 1 aliphatic carbocycles. The molecule has 2 fully saturated rings. The molecule has 3 heterocycles. The van der Waals surface area contributed by atoms with Gasteiger partial charge in [0, 0.05) is 38.3 Å². The number of aromatic nitrogens is 2. The van der Waals surface area contributed by atoms with Crippen LogP contribution in [0.1, 0.15) is 37.4 Å². The van der Waals surface area contributed by atoms with Crippen molar-refractivity contribution in [2.45, 2.75) is 38.2 Å². The third-order valence-corrected chi connectivity index (χ3v) is 5.05. The third-order valence-electron chi connectivity index (χ3n) is 5.05. The van der Waals surface area contributed by atoms with Crippen LogP contribution in [0, 0.1) is 5.92 Å². The van der Waals surface area contributed by atoms with Crippen molar-refractivity contribution in [1.82, 2.24) is 14.9 Å². The molecule has 0 aromatic carbocycles. The molecule has 0 radical (unpaired) electrons. The van der Waals surface area contributed by atoms with Gasteiger partial charge in [0.1, 0.15) is 0 Å². The Balaban J connectivity index is 1.61. The lowest BCUT2D eigenvalue weighted by Crippen LogP contribution is -2.41. The first-order valence-electron chi connectivity index (χ1n) is 8.10. The zero-order valence-corrected chi connectivity index (χ0v) is 13.0. The van der Waals surface area contributed by atoms with Crippen LogP contribution in [0.5, 0.6) is 0 Å². The summed E-state index contributed by atoms with van der Waals surface area (Å²) in [5.74, 6) is 1.63. The fourth-order valence-corrected chi connectivity index (χ4v) is 3.49. The molecule has 22 heavy (non-hydrogen) atoms. The Morgan fingerprint density at radius 3 is 3.14 bits per heavy atom. The van der Waals surface area contributed by atoms with E-state index in [1.54, 1.807) is 6.92 Å². The summed E-state index contributed by atoms with van der Waals surface area (Å²) in [6, 6.07) is 0. The van der Waals surface area contributed by atoms with E-state index in [0.717, 1.165) is 36.7 Å². The first-order chi connectivity index (χ1) is 10.7. The zero-order valence-electron chi connectivity index (χ0n) is 13.0. The highest BCUT2D eigenvalue weighted by molar-refractivity contribution is 5.73. The number of likely N-dealkylation sites (tertiary alicyclic amines) is 1. The average molecular weight is 302 g/mol. The fourth-order valence-electron chi connectivity index (χ4n) is 3.49. The lowest BCUT2D eigenvalue weighted by molar-refractivity contribution is -0.128. The van der Waals surface area contributed by atoms with E-state index in [1.807, 2.05) is 11.1 Å².